The van der Waals surface area contributed by atoms with E-state index in [1.807, 2.05) is 22.6 Å². The number of hydrogen-bond donors (Lipinski definition) is 0. The van der Waals surface area contributed by atoms with Crippen molar-refractivity contribution in [2.75, 3.05) is 13.2 Å². The number of ether oxygens (including phenoxy) is 1. The quantitative estimate of drug-likeness (QED) is 0.602. The predicted molar refractivity (Wildman–Crippen MR) is 67.4 cm³/mol. The van der Waals surface area contributed by atoms with Gasteiger partial charge in [0.15, 0.2) is 0 Å². The van der Waals surface area contributed by atoms with Gasteiger partial charge < -0.3 is 4.74 Å². The Morgan fingerprint density at radius 2 is 2.00 bits per heavy atom. The molecule has 0 N–H and O–H groups in total. The van der Waals surface area contributed by atoms with Gasteiger partial charge in [-0.2, -0.15) is 0 Å². The van der Waals surface area contributed by atoms with Crippen LogP contribution in [0.1, 0.15) is 12.2 Å². The third kappa shape index (κ3) is 2.93. The third-order valence-corrected chi connectivity index (χ3v) is 4.52. The second-order valence-corrected chi connectivity index (χ2v) is 5.26. The van der Waals surface area contributed by atoms with Gasteiger partial charge in [-0.15, -0.1) is 0 Å². The Balaban J connectivity index is 2.14. The zero-order chi connectivity index (χ0) is 10.8. The SMILES string of the molecule is Clc1nc(CC2CCOC2)nc(Cl)c1I. The fourth-order valence-corrected chi connectivity index (χ4v) is 2.19. The molecule has 15 heavy (non-hydrogen) atoms. The van der Waals surface area contributed by atoms with Crippen molar-refractivity contribution in [3.8, 4) is 0 Å². The van der Waals surface area contributed by atoms with Crippen LogP contribution in [0.5, 0.6) is 0 Å². The Kier molecular flexibility index (Phi) is 4.04. The summed E-state index contributed by atoms with van der Waals surface area (Å²) in [5.74, 6) is 1.21. The fourth-order valence-electron chi connectivity index (χ4n) is 1.53. The van der Waals surface area contributed by atoms with E-state index in [1.165, 1.54) is 0 Å². The lowest BCUT2D eigenvalue weighted by atomic mass is 10.1. The van der Waals surface area contributed by atoms with Gasteiger partial charge in [-0.1, -0.05) is 23.2 Å². The topological polar surface area (TPSA) is 35.0 Å². The Bertz CT molecular complexity index is 346. The lowest BCUT2D eigenvalue weighted by Gasteiger charge is -2.07. The summed E-state index contributed by atoms with van der Waals surface area (Å²) in [5, 5.41) is 0.869. The lowest BCUT2D eigenvalue weighted by molar-refractivity contribution is 0.185. The largest absolute Gasteiger partial charge is 0.381 e. The van der Waals surface area contributed by atoms with Crippen LogP contribution in [0.3, 0.4) is 0 Å². The van der Waals surface area contributed by atoms with Crippen molar-refractivity contribution < 1.29 is 4.74 Å². The molecule has 1 fully saturated rings. The summed E-state index contributed by atoms with van der Waals surface area (Å²) < 4.78 is 6.00. The minimum absolute atomic E-state index is 0.435. The Morgan fingerprint density at radius 1 is 1.33 bits per heavy atom. The number of hydrogen-bond acceptors (Lipinski definition) is 3. The van der Waals surface area contributed by atoms with E-state index in [9.17, 15) is 0 Å². The van der Waals surface area contributed by atoms with E-state index in [-0.39, 0.29) is 0 Å². The van der Waals surface area contributed by atoms with Gasteiger partial charge in [0.2, 0.25) is 0 Å². The van der Waals surface area contributed by atoms with Crippen molar-refractivity contribution in [3.63, 3.8) is 0 Å². The van der Waals surface area contributed by atoms with Gasteiger partial charge in [0, 0.05) is 19.6 Å². The zero-order valence-corrected chi connectivity index (χ0v) is 11.5. The molecule has 0 saturated carbocycles. The molecule has 1 unspecified atom stereocenters. The van der Waals surface area contributed by atoms with Crippen LogP contribution in [0.4, 0.5) is 0 Å². The van der Waals surface area contributed by atoms with Gasteiger partial charge in [-0.3, -0.25) is 0 Å². The molecule has 3 nitrogen and oxygen atoms in total. The molecule has 2 rings (SSSR count). The van der Waals surface area contributed by atoms with E-state index < -0.39 is 0 Å². The van der Waals surface area contributed by atoms with Crippen LogP contribution in [0.25, 0.3) is 0 Å². The van der Waals surface area contributed by atoms with Gasteiger partial charge >= 0.3 is 0 Å². The van der Waals surface area contributed by atoms with Gasteiger partial charge in [0.05, 0.1) is 3.57 Å². The molecule has 1 aliphatic rings. The molecule has 0 amide bonds. The molecule has 2 heterocycles. The third-order valence-electron chi connectivity index (χ3n) is 2.31. The summed E-state index contributed by atoms with van der Waals surface area (Å²) in [4.78, 5) is 8.41. The van der Waals surface area contributed by atoms with Gasteiger partial charge in [0.1, 0.15) is 16.1 Å². The summed E-state index contributed by atoms with van der Waals surface area (Å²) in [5.41, 5.74) is 0. The minimum Gasteiger partial charge on any atom is -0.381 e. The molecule has 1 saturated heterocycles. The maximum Gasteiger partial charge on any atom is 0.147 e. The summed E-state index contributed by atoms with van der Waals surface area (Å²) in [6.45, 7) is 1.61. The van der Waals surface area contributed by atoms with Crippen LogP contribution in [0.15, 0.2) is 0 Å². The minimum atomic E-state index is 0.435. The first-order valence-corrected chi connectivity index (χ1v) is 6.45. The summed E-state index contributed by atoms with van der Waals surface area (Å²) in [6.07, 6.45) is 1.85. The van der Waals surface area contributed by atoms with Crippen molar-refractivity contribution in [1.82, 2.24) is 9.97 Å². The van der Waals surface area contributed by atoms with Crippen LogP contribution < -0.4 is 0 Å². The first kappa shape index (κ1) is 11.8. The van der Waals surface area contributed by atoms with E-state index in [1.54, 1.807) is 0 Å². The van der Waals surface area contributed by atoms with E-state index in [0.29, 0.717) is 25.6 Å². The Labute approximate surface area is 112 Å². The van der Waals surface area contributed by atoms with Crippen molar-refractivity contribution >= 4 is 45.8 Å². The molecule has 1 aromatic rings. The average Bonchev–Trinajstić information content (AvgIpc) is 2.66. The summed E-state index contributed by atoms with van der Waals surface area (Å²) in [6, 6.07) is 0. The van der Waals surface area contributed by atoms with Gasteiger partial charge in [-0.05, 0) is 34.9 Å². The molecule has 6 heteroatoms. The van der Waals surface area contributed by atoms with Crippen molar-refractivity contribution in [2.24, 2.45) is 5.92 Å². The average molecular weight is 359 g/mol. The highest BCUT2D eigenvalue weighted by molar-refractivity contribution is 14.1. The van der Waals surface area contributed by atoms with E-state index in [2.05, 4.69) is 9.97 Å². The molecule has 0 bridgehead atoms. The zero-order valence-electron chi connectivity index (χ0n) is 7.84. The molecule has 1 atom stereocenters. The van der Waals surface area contributed by atoms with Gasteiger partial charge in [-0.25, -0.2) is 9.97 Å². The molecule has 0 radical (unpaired) electrons. The highest BCUT2D eigenvalue weighted by Gasteiger charge is 2.18. The van der Waals surface area contributed by atoms with Crippen LogP contribution in [-0.2, 0) is 11.2 Å². The highest BCUT2D eigenvalue weighted by Crippen LogP contribution is 2.24. The monoisotopic (exact) mass is 358 g/mol. The van der Waals surface area contributed by atoms with E-state index in [4.69, 9.17) is 27.9 Å². The highest BCUT2D eigenvalue weighted by atomic mass is 127. The first-order valence-electron chi connectivity index (χ1n) is 4.62. The van der Waals surface area contributed by atoms with Gasteiger partial charge in [0.25, 0.3) is 0 Å². The number of halogens is 3. The maximum absolute atomic E-state index is 5.93. The normalized spacial score (nSPS) is 20.9. The van der Waals surface area contributed by atoms with E-state index >= 15 is 0 Å². The Hall–Kier alpha value is 0.350. The van der Waals surface area contributed by atoms with E-state index in [0.717, 1.165) is 26.1 Å². The number of nitrogens with zero attached hydrogens (tertiary/aromatic N) is 2. The van der Waals surface area contributed by atoms with Crippen LogP contribution in [-0.4, -0.2) is 23.2 Å². The lowest BCUT2D eigenvalue weighted by Crippen LogP contribution is -2.08. The van der Waals surface area contributed by atoms with Crippen LogP contribution >= 0.6 is 45.8 Å². The molecule has 0 spiro atoms. The molecular weight excluding hydrogens is 350 g/mol. The number of rotatable bonds is 2. The standard InChI is InChI=1S/C9H9Cl2IN2O/c10-8-7(12)9(11)14-6(13-8)3-5-1-2-15-4-5/h5H,1-4H2. The molecule has 1 aliphatic heterocycles. The number of aromatic nitrogens is 2. The molecule has 82 valence electrons. The van der Waals surface area contributed by atoms with Crippen molar-refractivity contribution in [3.05, 3.63) is 19.7 Å². The summed E-state index contributed by atoms with van der Waals surface area (Å²) >= 11 is 13.9. The Morgan fingerprint density at radius 3 is 2.53 bits per heavy atom. The first-order chi connectivity index (χ1) is 7.16. The van der Waals surface area contributed by atoms with Crippen molar-refractivity contribution in [1.29, 1.82) is 0 Å². The summed E-state index contributed by atoms with van der Waals surface area (Å²) in [7, 11) is 0. The van der Waals surface area contributed by atoms with Crippen molar-refractivity contribution in [2.45, 2.75) is 12.8 Å². The smallest absolute Gasteiger partial charge is 0.147 e. The molecule has 1 aromatic heterocycles. The second kappa shape index (κ2) is 5.12. The molecular formula is C9H9Cl2IN2O. The van der Waals surface area contributed by atoms with Crippen LogP contribution in [0, 0.1) is 9.49 Å². The molecule has 0 aromatic carbocycles. The molecule has 0 aliphatic carbocycles. The maximum atomic E-state index is 5.93. The second-order valence-electron chi connectivity index (χ2n) is 3.47. The fraction of sp³-hybridized carbons (Fsp3) is 0.556. The predicted octanol–water partition coefficient (Wildman–Crippen LogP) is 2.97. The van der Waals surface area contributed by atoms with Crippen LogP contribution in [0.2, 0.25) is 10.3 Å².